The Bertz CT molecular complexity index is 538. The standard InChI is InChI=1S/C12H17ClN4O2S/c1-8-9(17(18)19)10(15-11(13)14-8)16-5-4-12(2,3)20-7-6-16/h4-7H2,1-3H3. The van der Waals surface area contributed by atoms with Crippen LogP contribution in [-0.2, 0) is 0 Å². The Morgan fingerprint density at radius 2 is 2.10 bits per heavy atom. The third kappa shape index (κ3) is 3.32. The van der Waals surface area contributed by atoms with Gasteiger partial charge in [-0.15, -0.1) is 0 Å². The van der Waals surface area contributed by atoms with Crippen molar-refractivity contribution in [1.82, 2.24) is 9.97 Å². The molecule has 0 saturated carbocycles. The second kappa shape index (κ2) is 5.73. The average Bonchev–Trinajstić information content (AvgIpc) is 2.48. The molecule has 0 amide bonds. The highest BCUT2D eigenvalue weighted by Crippen LogP contribution is 2.35. The van der Waals surface area contributed by atoms with E-state index in [4.69, 9.17) is 11.6 Å². The van der Waals surface area contributed by atoms with Crippen molar-refractivity contribution in [2.45, 2.75) is 31.9 Å². The van der Waals surface area contributed by atoms with Crippen LogP contribution in [0.2, 0.25) is 5.28 Å². The summed E-state index contributed by atoms with van der Waals surface area (Å²) in [6.07, 6.45) is 0.940. The normalized spacial score (nSPS) is 18.7. The van der Waals surface area contributed by atoms with E-state index in [0.717, 1.165) is 25.3 Å². The number of hydrogen-bond donors (Lipinski definition) is 0. The van der Waals surface area contributed by atoms with Gasteiger partial charge in [-0.2, -0.15) is 16.7 Å². The van der Waals surface area contributed by atoms with Gasteiger partial charge in [0.25, 0.3) is 0 Å². The summed E-state index contributed by atoms with van der Waals surface area (Å²) < 4.78 is 0.176. The van der Waals surface area contributed by atoms with Gasteiger partial charge in [0, 0.05) is 23.6 Å². The van der Waals surface area contributed by atoms with E-state index in [0.29, 0.717) is 11.5 Å². The number of halogens is 1. The Hall–Kier alpha value is -1.08. The van der Waals surface area contributed by atoms with Crippen LogP contribution in [0.3, 0.4) is 0 Å². The van der Waals surface area contributed by atoms with Crippen molar-refractivity contribution in [3.8, 4) is 0 Å². The number of thioether (sulfide) groups is 1. The van der Waals surface area contributed by atoms with E-state index in [1.807, 2.05) is 16.7 Å². The van der Waals surface area contributed by atoms with Gasteiger partial charge in [-0.3, -0.25) is 10.1 Å². The molecule has 0 atom stereocenters. The lowest BCUT2D eigenvalue weighted by atomic mass is 10.1. The number of hydrogen-bond acceptors (Lipinski definition) is 6. The first-order valence-electron chi connectivity index (χ1n) is 6.37. The predicted molar refractivity (Wildman–Crippen MR) is 81.8 cm³/mol. The maximum atomic E-state index is 11.3. The molecule has 1 fully saturated rings. The van der Waals surface area contributed by atoms with Crippen LogP contribution in [0.4, 0.5) is 11.5 Å². The van der Waals surface area contributed by atoms with Crippen molar-refractivity contribution in [2.24, 2.45) is 0 Å². The fourth-order valence-corrected chi connectivity index (χ4v) is 3.49. The molecule has 8 heteroatoms. The largest absolute Gasteiger partial charge is 0.350 e. The van der Waals surface area contributed by atoms with Crippen LogP contribution in [0.1, 0.15) is 26.0 Å². The number of rotatable bonds is 2. The van der Waals surface area contributed by atoms with Crippen LogP contribution < -0.4 is 4.90 Å². The van der Waals surface area contributed by atoms with E-state index in [1.165, 1.54) is 0 Å². The molecular formula is C12H17ClN4O2S. The molecule has 1 aromatic rings. The van der Waals surface area contributed by atoms with E-state index >= 15 is 0 Å². The first-order valence-corrected chi connectivity index (χ1v) is 7.74. The minimum absolute atomic E-state index is 0.0425. The lowest BCUT2D eigenvalue weighted by Crippen LogP contribution is -2.29. The molecule has 110 valence electrons. The third-order valence-corrected chi connectivity index (χ3v) is 4.87. The highest BCUT2D eigenvalue weighted by atomic mass is 35.5. The minimum Gasteiger partial charge on any atom is -0.350 e. The Balaban J connectivity index is 2.39. The summed E-state index contributed by atoms with van der Waals surface area (Å²) in [5, 5.41) is 11.3. The molecule has 0 N–H and O–H groups in total. The van der Waals surface area contributed by atoms with Crippen LogP contribution in [-0.4, -0.2) is 38.5 Å². The van der Waals surface area contributed by atoms with Gasteiger partial charge in [-0.25, -0.2) is 4.98 Å². The summed E-state index contributed by atoms with van der Waals surface area (Å²) in [5.41, 5.74) is 0.264. The van der Waals surface area contributed by atoms with Gasteiger partial charge >= 0.3 is 5.69 Å². The van der Waals surface area contributed by atoms with Gasteiger partial charge < -0.3 is 4.90 Å². The maximum Gasteiger partial charge on any atom is 0.332 e. The molecule has 1 aliphatic rings. The van der Waals surface area contributed by atoms with Crippen molar-refractivity contribution in [1.29, 1.82) is 0 Å². The second-order valence-corrected chi connectivity index (χ2v) is 7.49. The van der Waals surface area contributed by atoms with E-state index in [2.05, 4.69) is 23.8 Å². The van der Waals surface area contributed by atoms with Crippen molar-refractivity contribution >= 4 is 34.9 Å². The Labute approximate surface area is 127 Å². The lowest BCUT2D eigenvalue weighted by molar-refractivity contribution is -0.385. The molecule has 6 nitrogen and oxygen atoms in total. The topological polar surface area (TPSA) is 72.2 Å². The number of nitrogens with zero attached hydrogens (tertiary/aromatic N) is 4. The number of nitro groups is 1. The quantitative estimate of drug-likeness (QED) is 0.474. The average molecular weight is 317 g/mol. The molecule has 0 spiro atoms. The number of anilines is 1. The lowest BCUT2D eigenvalue weighted by Gasteiger charge is -2.23. The molecule has 2 heterocycles. The summed E-state index contributed by atoms with van der Waals surface area (Å²) in [5.74, 6) is 1.25. The first kappa shape index (κ1) is 15.3. The molecule has 0 bridgehead atoms. The zero-order valence-corrected chi connectivity index (χ0v) is 13.3. The summed E-state index contributed by atoms with van der Waals surface area (Å²) in [4.78, 5) is 20.8. The van der Waals surface area contributed by atoms with Gasteiger partial charge in [0.05, 0.1) is 4.92 Å². The minimum atomic E-state index is -0.426. The van der Waals surface area contributed by atoms with Crippen LogP contribution in [0.15, 0.2) is 0 Å². The van der Waals surface area contributed by atoms with Crippen LogP contribution in [0.25, 0.3) is 0 Å². The monoisotopic (exact) mass is 316 g/mol. The first-order chi connectivity index (χ1) is 9.30. The maximum absolute atomic E-state index is 11.3. The molecule has 0 aromatic carbocycles. The molecule has 0 unspecified atom stereocenters. The Morgan fingerprint density at radius 1 is 1.40 bits per heavy atom. The summed E-state index contributed by atoms with van der Waals surface area (Å²) >= 11 is 7.74. The number of aryl methyl sites for hydroxylation is 1. The number of aromatic nitrogens is 2. The molecule has 1 saturated heterocycles. The van der Waals surface area contributed by atoms with Crippen LogP contribution in [0.5, 0.6) is 0 Å². The third-order valence-electron chi connectivity index (χ3n) is 3.33. The van der Waals surface area contributed by atoms with E-state index in [-0.39, 0.29) is 15.7 Å². The predicted octanol–water partition coefficient (Wildman–Crippen LogP) is 3.07. The fourth-order valence-electron chi connectivity index (χ4n) is 2.18. The highest BCUT2D eigenvalue weighted by Gasteiger charge is 2.30. The summed E-state index contributed by atoms with van der Waals surface area (Å²) in [6.45, 7) is 7.42. The molecule has 20 heavy (non-hydrogen) atoms. The van der Waals surface area contributed by atoms with Crippen LogP contribution in [0, 0.1) is 17.0 Å². The molecule has 0 aliphatic carbocycles. The van der Waals surface area contributed by atoms with Gasteiger partial charge in [0.2, 0.25) is 11.1 Å². The zero-order valence-electron chi connectivity index (χ0n) is 11.7. The molecular weight excluding hydrogens is 300 g/mol. The van der Waals surface area contributed by atoms with E-state index in [9.17, 15) is 10.1 Å². The van der Waals surface area contributed by atoms with E-state index < -0.39 is 4.92 Å². The molecule has 1 aromatic heterocycles. The zero-order chi connectivity index (χ0) is 14.9. The smallest absolute Gasteiger partial charge is 0.332 e. The van der Waals surface area contributed by atoms with Gasteiger partial charge in [0.15, 0.2) is 0 Å². The highest BCUT2D eigenvalue weighted by molar-refractivity contribution is 8.00. The second-order valence-electron chi connectivity index (χ2n) is 5.35. The molecule has 0 radical (unpaired) electrons. The van der Waals surface area contributed by atoms with E-state index in [1.54, 1.807) is 6.92 Å². The van der Waals surface area contributed by atoms with Crippen molar-refractivity contribution < 1.29 is 4.92 Å². The van der Waals surface area contributed by atoms with Crippen LogP contribution >= 0.6 is 23.4 Å². The summed E-state index contributed by atoms with van der Waals surface area (Å²) in [6, 6.07) is 0. The van der Waals surface area contributed by atoms with Crippen molar-refractivity contribution in [2.75, 3.05) is 23.7 Å². The molecule has 1 aliphatic heterocycles. The van der Waals surface area contributed by atoms with Gasteiger partial charge in [0.1, 0.15) is 5.69 Å². The van der Waals surface area contributed by atoms with Gasteiger partial charge in [-0.1, -0.05) is 13.8 Å². The Kier molecular flexibility index (Phi) is 4.39. The summed E-state index contributed by atoms with van der Waals surface area (Å²) in [7, 11) is 0. The van der Waals surface area contributed by atoms with Crippen molar-refractivity contribution in [3.63, 3.8) is 0 Å². The Morgan fingerprint density at radius 3 is 2.75 bits per heavy atom. The SMILES string of the molecule is Cc1nc(Cl)nc(N2CCSC(C)(C)CC2)c1[N+](=O)[O-]. The molecule has 2 rings (SSSR count). The fraction of sp³-hybridized carbons (Fsp3) is 0.667. The van der Waals surface area contributed by atoms with Gasteiger partial charge in [-0.05, 0) is 24.9 Å². The van der Waals surface area contributed by atoms with Crippen molar-refractivity contribution in [3.05, 3.63) is 21.1 Å².